The van der Waals surface area contributed by atoms with Gasteiger partial charge >= 0.3 is 0 Å². The van der Waals surface area contributed by atoms with Gasteiger partial charge in [-0.3, -0.25) is 0 Å². The highest BCUT2D eigenvalue weighted by Gasteiger charge is 2.17. The third-order valence-electron chi connectivity index (χ3n) is 3.07. The third-order valence-corrected chi connectivity index (χ3v) is 4.82. The Morgan fingerprint density at radius 1 is 1.19 bits per heavy atom. The molecule has 0 aromatic heterocycles. The maximum Gasteiger partial charge on any atom is 0.0425 e. The topological polar surface area (TPSA) is 26.0 Å². The first-order valence-electron chi connectivity index (χ1n) is 5.97. The summed E-state index contributed by atoms with van der Waals surface area (Å²) in [5.41, 5.74) is 8.64. The molecule has 0 aliphatic rings. The van der Waals surface area contributed by atoms with E-state index in [2.05, 4.69) is 52.0 Å². The monoisotopic (exact) mass is 237 g/mol. The van der Waals surface area contributed by atoms with Crippen molar-refractivity contribution in [2.75, 3.05) is 6.54 Å². The van der Waals surface area contributed by atoms with Crippen molar-refractivity contribution in [1.82, 2.24) is 0 Å². The van der Waals surface area contributed by atoms with E-state index in [4.69, 9.17) is 5.73 Å². The van der Waals surface area contributed by atoms with Gasteiger partial charge < -0.3 is 5.73 Å². The van der Waals surface area contributed by atoms with E-state index >= 15 is 0 Å². The van der Waals surface area contributed by atoms with Gasteiger partial charge in [-0.1, -0.05) is 45.0 Å². The van der Waals surface area contributed by atoms with Crippen molar-refractivity contribution in [2.45, 2.75) is 38.2 Å². The quantitative estimate of drug-likeness (QED) is 0.843. The standard InChI is InChI=1S/C14H23NS/c1-10(2)12(4)16-14(9-15)13-8-6-5-7-11(13)3/h5-8,10,12,14H,9,15H2,1-4H3. The van der Waals surface area contributed by atoms with E-state index < -0.39 is 0 Å². The van der Waals surface area contributed by atoms with Gasteiger partial charge in [0.05, 0.1) is 0 Å². The molecule has 2 heteroatoms. The first-order valence-corrected chi connectivity index (χ1v) is 6.91. The van der Waals surface area contributed by atoms with Gasteiger partial charge in [0.1, 0.15) is 0 Å². The van der Waals surface area contributed by atoms with E-state index in [1.54, 1.807) is 0 Å². The summed E-state index contributed by atoms with van der Waals surface area (Å²) in [7, 11) is 0. The number of rotatable bonds is 5. The molecule has 1 nitrogen and oxygen atoms in total. The summed E-state index contributed by atoms with van der Waals surface area (Å²) in [4.78, 5) is 0. The van der Waals surface area contributed by atoms with Gasteiger partial charge in [0.25, 0.3) is 0 Å². The first-order chi connectivity index (χ1) is 7.56. The van der Waals surface area contributed by atoms with E-state index in [-0.39, 0.29) is 0 Å². The van der Waals surface area contributed by atoms with Gasteiger partial charge in [0.15, 0.2) is 0 Å². The van der Waals surface area contributed by atoms with Crippen LogP contribution in [0, 0.1) is 12.8 Å². The van der Waals surface area contributed by atoms with Crippen molar-refractivity contribution in [3.05, 3.63) is 35.4 Å². The van der Waals surface area contributed by atoms with E-state index in [0.717, 1.165) is 0 Å². The van der Waals surface area contributed by atoms with Gasteiger partial charge in [-0.2, -0.15) is 0 Å². The van der Waals surface area contributed by atoms with Crippen LogP contribution in [-0.4, -0.2) is 11.8 Å². The average molecular weight is 237 g/mol. The lowest BCUT2D eigenvalue weighted by Gasteiger charge is -2.23. The minimum atomic E-state index is 0.429. The van der Waals surface area contributed by atoms with Crippen molar-refractivity contribution < 1.29 is 0 Å². The predicted molar refractivity (Wildman–Crippen MR) is 74.9 cm³/mol. The molecule has 0 aliphatic carbocycles. The predicted octanol–water partition coefficient (Wildman–Crippen LogP) is 3.77. The van der Waals surface area contributed by atoms with Crippen LogP contribution in [0.1, 0.15) is 37.1 Å². The normalized spacial score (nSPS) is 15.1. The Labute approximate surface area is 104 Å². The first kappa shape index (κ1) is 13.6. The van der Waals surface area contributed by atoms with Crippen LogP contribution < -0.4 is 5.73 Å². The SMILES string of the molecule is Cc1ccccc1C(CN)SC(C)C(C)C. The molecule has 0 saturated heterocycles. The van der Waals surface area contributed by atoms with Gasteiger partial charge in [-0.05, 0) is 24.0 Å². The van der Waals surface area contributed by atoms with Crippen molar-refractivity contribution in [1.29, 1.82) is 0 Å². The molecule has 1 rings (SSSR count). The summed E-state index contributed by atoms with van der Waals surface area (Å²) in [6.07, 6.45) is 0. The molecule has 0 fully saturated rings. The van der Waals surface area contributed by atoms with Crippen LogP contribution in [0.2, 0.25) is 0 Å². The summed E-state index contributed by atoms with van der Waals surface area (Å²) < 4.78 is 0. The second-order valence-electron chi connectivity index (χ2n) is 4.67. The molecule has 1 aromatic carbocycles. The Bertz CT molecular complexity index is 322. The Balaban J connectivity index is 2.79. The zero-order chi connectivity index (χ0) is 12.1. The molecule has 0 heterocycles. The van der Waals surface area contributed by atoms with Crippen LogP contribution in [0.4, 0.5) is 0 Å². The lowest BCUT2D eigenvalue weighted by Crippen LogP contribution is -2.16. The summed E-state index contributed by atoms with van der Waals surface area (Å²) >= 11 is 2.00. The molecule has 16 heavy (non-hydrogen) atoms. The van der Waals surface area contributed by atoms with Crippen LogP contribution in [0.25, 0.3) is 0 Å². The largest absolute Gasteiger partial charge is 0.329 e. The zero-order valence-corrected chi connectivity index (χ0v) is 11.6. The molecule has 1 aromatic rings. The van der Waals surface area contributed by atoms with Crippen LogP contribution in [-0.2, 0) is 0 Å². The lowest BCUT2D eigenvalue weighted by molar-refractivity contribution is 0.639. The molecule has 0 radical (unpaired) electrons. The number of benzene rings is 1. The smallest absolute Gasteiger partial charge is 0.0425 e. The Morgan fingerprint density at radius 3 is 2.31 bits per heavy atom. The summed E-state index contributed by atoms with van der Waals surface area (Å²) in [6.45, 7) is 9.70. The molecule has 2 N–H and O–H groups in total. The molecule has 2 atom stereocenters. The Morgan fingerprint density at radius 2 is 1.81 bits per heavy atom. The van der Waals surface area contributed by atoms with Crippen molar-refractivity contribution >= 4 is 11.8 Å². The lowest BCUT2D eigenvalue weighted by atomic mass is 10.1. The van der Waals surface area contributed by atoms with Gasteiger partial charge in [0.2, 0.25) is 0 Å². The zero-order valence-electron chi connectivity index (χ0n) is 10.7. The number of aryl methyl sites for hydroxylation is 1. The van der Waals surface area contributed by atoms with E-state index in [1.807, 2.05) is 11.8 Å². The highest BCUT2D eigenvalue weighted by molar-refractivity contribution is 8.00. The molecule has 0 aliphatic heterocycles. The van der Waals surface area contributed by atoms with E-state index in [1.165, 1.54) is 11.1 Å². The fraction of sp³-hybridized carbons (Fsp3) is 0.571. The van der Waals surface area contributed by atoms with Gasteiger partial charge in [-0.15, -0.1) is 11.8 Å². The van der Waals surface area contributed by atoms with Gasteiger partial charge in [-0.25, -0.2) is 0 Å². The number of hydrogen-bond donors (Lipinski definition) is 1. The average Bonchev–Trinajstić information content (AvgIpc) is 2.26. The number of nitrogens with two attached hydrogens (primary N) is 1. The maximum atomic E-state index is 5.90. The summed E-state index contributed by atoms with van der Waals surface area (Å²) in [6, 6.07) is 8.56. The molecule has 0 amide bonds. The molecule has 0 spiro atoms. The highest BCUT2D eigenvalue weighted by Crippen LogP contribution is 2.35. The van der Waals surface area contributed by atoms with Crippen molar-refractivity contribution in [3.8, 4) is 0 Å². The minimum Gasteiger partial charge on any atom is -0.329 e. The van der Waals surface area contributed by atoms with Crippen LogP contribution >= 0.6 is 11.8 Å². The van der Waals surface area contributed by atoms with Crippen molar-refractivity contribution in [3.63, 3.8) is 0 Å². The summed E-state index contributed by atoms with van der Waals surface area (Å²) in [5, 5.41) is 1.08. The summed E-state index contributed by atoms with van der Waals surface area (Å²) in [5.74, 6) is 0.697. The highest BCUT2D eigenvalue weighted by atomic mass is 32.2. The van der Waals surface area contributed by atoms with Crippen molar-refractivity contribution in [2.24, 2.45) is 11.7 Å². The second-order valence-corrected chi connectivity index (χ2v) is 6.25. The molecular weight excluding hydrogens is 214 g/mol. The Hall–Kier alpha value is -0.470. The van der Waals surface area contributed by atoms with Crippen LogP contribution in [0.5, 0.6) is 0 Å². The van der Waals surface area contributed by atoms with Crippen LogP contribution in [0.15, 0.2) is 24.3 Å². The molecular formula is C14H23NS. The second kappa shape index (κ2) is 6.31. The third kappa shape index (κ3) is 3.53. The molecule has 2 unspecified atom stereocenters. The molecule has 0 bridgehead atoms. The molecule has 90 valence electrons. The van der Waals surface area contributed by atoms with E-state index in [0.29, 0.717) is 23.0 Å². The number of hydrogen-bond acceptors (Lipinski definition) is 2. The van der Waals surface area contributed by atoms with Crippen LogP contribution in [0.3, 0.4) is 0 Å². The maximum absolute atomic E-state index is 5.90. The minimum absolute atomic E-state index is 0.429. The van der Waals surface area contributed by atoms with E-state index in [9.17, 15) is 0 Å². The Kier molecular flexibility index (Phi) is 5.36. The number of thioether (sulfide) groups is 1. The molecule has 0 saturated carbocycles. The fourth-order valence-corrected chi connectivity index (χ4v) is 2.97. The fourth-order valence-electron chi connectivity index (χ4n) is 1.62. The van der Waals surface area contributed by atoms with Gasteiger partial charge in [0, 0.05) is 17.0 Å².